The number of rotatable bonds is 5. The molecule has 4 heteroatoms. The molecule has 0 N–H and O–H groups in total. The maximum Gasteiger partial charge on any atom is 0.152 e. The topological polar surface area (TPSA) is 23.6 Å². The lowest BCUT2D eigenvalue weighted by Gasteiger charge is -2.30. The fourth-order valence-electron chi connectivity index (χ4n) is 2.96. The largest absolute Gasteiger partial charge is 0.371 e. The number of likely N-dealkylation sites (N-methyl/N-ethyl adjacent to an activating group) is 2. The number of para-hydroxylation sites is 1. The van der Waals surface area contributed by atoms with Gasteiger partial charge in [-0.15, -0.1) is 0 Å². The standard InChI is InChI=1S/C15H21ClN2O/c1-3-18-9-5-7-13(18)10-17(2)15-12(11-19)6-4-8-14(15)16/h4,6,8,11,13H,3,5,7,9-10H2,1-2H3. The van der Waals surface area contributed by atoms with E-state index in [1.54, 1.807) is 0 Å². The van der Waals surface area contributed by atoms with Crippen molar-refractivity contribution in [3.63, 3.8) is 0 Å². The number of anilines is 1. The summed E-state index contributed by atoms with van der Waals surface area (Å²) >= 11 is 6.24. The number of carbonyl (C=O) groups excluding carboxylic acids is 1. The molecule has 3 nitrogen and oxygen atoms in total. The Balaban J connectivity index is 2.15. The monoisotopic (exact) mass is 280 g/mol. The Labute approximate surface area is 120 Å². The maximum absolute atomic E-state index is 11.1. The van der Waals surface area contributed by atoms with Gasteiger partial charge in [0.2, 0.25) is 0 Å². The van der Waals surface area contributed by atoms with Crippen molar-refractivity contribution in [1.82, 2.24) is 4.90 Å². The molecule has 0 amide bonds. The smallest absolute Gasteiger partial charge is 0.152 e. The van der Waals surface area contributed by atoms with Crippen LogP contribution in [0, 0.1) is 0 Å². The maximum atomic E-state index is 11.1. The molecule has 0 aromatic heterocycles. The lowest BCUT2D eigenvalue weighted by molar-refractivity contribution is 0.112. The van der Waals surface area contributed by atoms with Gasteiger partial charge in [-0.1, -0.05) is 24.6 Å². The van der Waals surface area contributed by atoms with Gasteiger partial charge in [-0.3, -0.25) is 9.69 Å². The van der Waals surface area contributed by atoms with Gasteiger partial charge >= 0.3 is 0 Å². The van der Waals surface area contributed by atoms with Crippen molar-refractivity contribution in [2.24, 2.45) is 0 Å². The first-order valence-corrected chi connectivity index (χ1v) is 7.24. The summed E-state index contributed by atoms with van der Waals surface area (Å²) in [5.41, 5.74) is 1.51. The number of nitrogens with zero attached hydrogens (tertiary/aromatic N) is 2. The van der Waals surface area contributed by atoms with Crippen LogP contribution in [0.15, 0.2) is 18.2 Å². The number of carbonyl (C=O) groups is 1. The highest BCUT2D eigenvalue weighted by Gasteiger charge is 2.25. The van der Waals surface area contributed by atoms with E-state index in [0.29, 0.717) is 16.6 Å². The van der Waals surface area contributed by atoms with E-state index >= 15 is 0 Å². The van der Waals surface area contributed by atoms with Gasteiger partial charge in [0.1, 0.15) is 0 Å². The van der Waals surface area contributed by atoms with E-state index in [1.165, 1.54) is 19.4 Å². The first kappa shape index (κ1) is 14.4. The van der Waals surface area contributed by atoms with E-state index in [9.17, 15) is 4.79 Å². The van der Waals surface area contributed by atoms with Crippen LogP contribution in [-0.4, -0.2) is 43.9 Å². The molecule has 1 aliphatic rings. The van der Waals surface area contributed by atoms with Crippen LogP contribution in [0.1, 0.15) is 30.1 Å². The molecule has 0 bridgehead atoms. The minimum absolute atomic E-state index is 0.561. The van der Waals surface area contributed by atoms with Gasteiger partial charge in [-0.05, 0) is 38.1 Å². The Morgan fingerprint density at radius 2 is 2.32 bits per heavy atom. The SMILES string of the molecule is CCN1CCCC1CN(C)c1c(Cl)cccc1C=O. The minimum atomic E-state index is 0.561. The first-order chi connectivity index (χ1) is 9.17. The van der Waals surface area contributed by atoms with Crippen LogP contribution >= 0.6 is 11.6 Å². The quantitative estimate of drug-likeness (QED) is 0.775. The van der Waals surface area contributed by atoms with E-state index in [2.05, 4.69) is 16.7 Å². The predicted molar refractivity (Wildman–Crippen MR) is 80.4 cm³/mol. The predicted octanol–water partition coefficient (Wildman–Crippen LogP) is 3.07. The lowest BCUT2D eigenvalue weighted by Crippen LogP contribution is -2.39. The Hall–Kier alpha value is -1.06. The zero-order valence-electron chi connectivity index (χ0n) is 11.6. The summed E-state index contributed by atoms with van der Waals surface area (Å²) < 4.78 is 0. The average Bonchev–Trinajstić information content (AvgIpc) is 2.85. The minimum Gasteiger partial charge on any atom is -0.371 e. The normalized spacial score (nSPS) is 19.6. The summed E-state index contributed by atoms with van der Waals surface area (Å²) in [5, 5.41) is 0.646. The highest BCUT2D eigenvalue weighted by Crippen LogP contribution is 2.29. The van der Waals surface area contributed by atoms with E-state index in [-0.39, 0.29) is 0 Å². The third kappa shape index (κ3) is 3.10. The van der Waals surface area contributed by atoms with Gasteiger partial charge in [0.05, 0.1) is 10.7 Å². The molecule has 1 aromatic rings. The summed E-state index contributed by atoms with van der Waals surface area (Å²) in [7, 11) is 2.01. The summed E-state index contributed by atoms with van der Waals surface area (Å²) in [6, 6.07) is 6.03. The molecule has 1 heterocycles. The van der Waals surface area contributed by atoms with Crippen LogP contribution in [0.2, 0.25) is 5.02 Å². The fourth-order valence-corrected chi connectivity index (χ4v) is 3.28. The molecule has 0 radical (unpaired) electrons. The van der Waals surface area contributed by atoms with Gasteiger partial charge < -0.3 is 4.90 Å². The summed E-state index contributed by atoms with van der Waals surface area (Å²) in [6.07, 6.45) is 3.36. The van der Waals surface area contributed by atoms with Gasteiger partial charge in [-0.25, -0.2) is 0 Å². The van der Waals surface area contributed by atoms with E-state index in [0.717, 1.165) is 25.1 Å². The average molecular weight is 281 g/mol. The third-order valence-corrected chi connectivity index (χ3v) is 4.22. The van der Waals surface area contributed by atoms with Crippen LogP contribution in [0.5, 0.6) is 0 Å². The second kappa shape index (κ2) is 6.40. The Morgan fingerprint density at radius 1 is 1.53 bits per heavy atom. The molecule has 0 saturated carbocycles. The number of hydrogen-bond donors (Lipinski definition) is 0. The number of benzene rings is 1. The second-order valence-electron chi connectivity index (χ2n) is 5.10. The van der Waals surface area contributed by atoms with Gasteiger partial charge in [-0.2, -0.15) is 0 Å². The molecule has 1 aliphatic heterocycles. The zero-order valence-corrected chi connectivity index (χ0v) is 12.4. The van der Waals surface area contributed by atoms with Crippen molar-refractivity contribution in [3.8, 4) is 0 Å². The molecule has 1 atom stereocenters. The van der Waals surface area contributed by atoms with E-state index < -0.39 is 0 Å². The van der Waals surface area contributed by atoms with Crippen molar-refractivity contribution in [1.29, 1.82) is 0 Å². The molecule has 2 rings (SSSR count). The fraction of sp³-hybridized carbons (Fsp3) is 0.533. The van der Waals surface area contributed by atoms with Crippen LogP contribution < -0.4 is 4.90 Å². The number of aldehydes is 1. The molecular formula is C15H21ClN2O. The van der Waals surface area contributed by atoms with E-state index in [4.69, 9.17) is 11.6 Å². The van der Waals surface area contributed by atoms with Crippen molar-refractivity contribution in [2.75, 3.05) is 31.6 Å². The summed E-state index contributed by atoms with van der Waals surface area (Å²) in [6.45, 7) is 5.38. The first-order valence-electron chi connectivity index (χ1n) is 6.86. The van der Waals surface area contributed by atoms with Crippen molar-refractivity contribution in [2.45, 2.75) is 25.8 Å². The summed E-state index contributed by atoms with van der Waals surface area (Å²) in [4.78, 5) is 15.8. The molecular weight excluding hydrogens is 260 g/mol. The molecule has 19 heavy (non-hydrogen) atoms. The van der Waals surface area contributed by atoms with Crippen molar-refractivity contribution >= 4 is 23.6 Å². The van der Waals surface area contributed by atoms with E-state index in [1.807, 2.05) is 25.2 Å². The van der Waals surface area contributed by atoms with Crippen molar-refractivity contribution < 1.29 is 4.79 Å². The highest BCUT2D eigenvalue weighted by molar-refractivity contribution is 6.33. The van der Waals surface area contributed by atoms with Gasteiger partial charge in [0, 0.05) is 25.2 Å². The van der Waals surface area contributed by atoms with Crippen molar-refractivity contribution in [3.05, 3.63) is 28.8 Å². The van der Waals surface area contributed by atoms with Crippen LogP contribution in [0.3, 0.4) is 0 Å². The highest BCUT2D eigenvalue weighted by atomic mass is 35.5. The Bertz CT molecular complexity index is 450. The summed E-state index contributed by atoms with van der Waals surface area (Å²) in [5.74, 6) is 0. The third-order valence-electron chi connectivity index (χ3n) is 3.92. The zero-order chi connectivity index (χ0) is 13.8. The van der Waals surface area contributed by atoms with Crippen LogP contribution in [-0.2, 0) is 0 Å². The number of likely N-dealkylation sites (tertiary alicyclic amines) is 1. The van der Waals surface area contributed by atoms with Gasteiger partial charge in [0.15, 0.2) is 6.29 Å². The lowest BCUT2D eigenvalue weighted by atomic mass is 10.1. The Kier molecular flexibility index (Phi) is 4.83. The Morgan fingerprint density at radius 3 is 3.00 bits per heavy atom. The number of hydrogen-bond acceptors (Lipinski definition) is 3. The van der Waals surface area contributed by atoms with Crippen LogP contribution in [0.25, 0.3) is 0 Å². The molecule has 0 aliphatic carbocycles. The molecule has 1 unspecified atom stereocenters. The second-order valence-corrected chi connectivity index (χ2v) is 5.51. The molecule has 104 valence electrons. The molecule has 1 saturated heterocycles. The number of halogens is 1. The molecule has 0 spiro atoms. The molecule has 1 aromatic carbocycles. The molecule has 1 fully saturated rings. The van der Waals surface area contributed by atoms with Crippen LogP contribution in [0.4, 0.5) is 5.69 Å². The van der Waals surface area contributed by atoms with Gasteiger partial charge in [0.25, 0.3) is 0 Å².